The first-order valence-corrected chi connectivity index (χ1v) is 6.79. The molecule has 5 heteroatoms. The number of hydrogen-bond acceptors (Lipinski definition) is 4. The monoisotopic (exact) mass is 284 g/mol. The quantitative estimate of drug-likeness (QED) is 0.922. The lowest BCUT2D eigenvalue weighted by atomic mass is 9.91. The van der Waals surface area contributed by atoms with Gasteiger partial charge < -0.3 is 10.6 Å². The summed E-state index contributed by atoms with van der Waals surface area (Å²) >= 11 is 0. The fraction of sp³-hybridized carbons (Fsp3) is 0.250. The zero-order valence-electron chi connectivity index (χ0n) is 12.0. The minimum atomic E-state index is -0.536. The fourth-order valence-corrected chi connectivity index (χ4v) is 2.76. The van der Waals surface area contributed by atoms with Gasteiger partial charge in [-0.3, -0.25) is 9.98 Å². The highest BCUT2D eigenvalue weighted by Crippen LogP contribution is 2.37. The van der Waals surface area contributed by atoms with Crippen molar-refractivity contribution in [2.24, 2.45) is 10.7 Å². The Morgan fingerprint density at radius 2 is 2.05 bits per heavy atom. The van der Waals surface area contributed by atoms with E-state index in [-0.39, 0.29) is 5.82 Å². The van der Waals surface area contributed by atoms with Gasteiger partial charge >= 0.3 is 0 Å². The van der Waals surface area contributed by atoms with E-state index in [1.807, 2.05) is 43.0 Å². The van der Waals surface area contributed by atoms with Crippen LogP contribution in [0.4, 0.5) is 10.1 Å². The molecule has 0 spiro atoms. The number of aliphatic imine (C=N–C) groups is 1. The summed E-state index contributed by atoms with van der Waals surface area (Å²) in [4.78, 5) is 10.3. The lowest BCUT2D eigenvalue weighted by molar-refractivity contribution is 0.520. The largest absolute Gasteiger partial charge is 0.369 e. The Hall–Kier alpha value is -2.43. The Kier molecular flexibility index (Phi) is 3.12. The third kappa shape index (κ3) is 2.14. The fourth-order valence-electron chi connectivity index (χ4n) is 2.76. The molecule has 1 aromatic heterocycles. The van der Waals surface area contributed by atoms with E-state index in [0.29, 0.717) is 12.5 Å². The van der Waals surface area contributed by atoms with Crippen LogP contribution in [0.5, 0.6) is 0 Å². The topological polar surface area (TPSA) is 54.5 Å². The van der Waals surface area contributed by atoms with Gasteiger partial charge in [0, 0.05) is 17.4 Å². The Morgan fingerprint density at radius 3 is 2.76 bits per heavy atom. The zero-order chi connectivity index (χ0) is 15.0. The van der Waals surface area contributed by atoms with Crippen molar-refractivity contribution in [1.29, 1.82) is 0 Å². The standard InChI is InChI=1S/C16H17FN4/c1-11-5-3-4-6-14(11)21-15(18)20-10-16(21,2)12-7-13(17)9-19-8-12/h3-9H,10H2,1-2H3,(H2,18,20). The molecule has 1 aromatic carbocycles. The van der Waals surface area contributed by atoms with Crippen molar-refractivity contribution in [3.8, 4) is 0 Å². The zero-order valence-corrected chi connectivity index (χ0v) is 12.0. The molecule has 2 heterocycles. The number of rotatable bonds is 2. The molecule has 0 radical (unpaired) electrons. The number of nitrogens with zero attached hydrogens (tertiary/aromatic N) is 3. The van der Waals surface area contributed by atoms with Crippen LogP contribution >= 0.6 is 0 Å². The van der Waals surface area contributed by atoms with E-state index in [4.69, 9.17) is 5.73 Å². The van der Waals surface area contributed by atoms with Crippen molar-refractivity contribution in [1.82, 2.24) is 4.98 Å². The maximum atomic E-state index is 13.5. The van der Waals surface area contributed by atoms with E-state index in [1.54, 1.807) is 6.20 Å². The average molecular weight is 284 g/mol. The number of hydrogen-bond donors (Lipinski definition) is 1. The highest BCUT2D eigenvalue weighted by atomic mass is 19.1. The van der Waals surface area contributed by atoms with E-state index in [9.17, 15) is 4.39 Å². The average Bonchev–Trinajstić information content (AvgIpc) is 2.77. The maximum absolute atomic E-state index is 13.5. The van der Waals surface area contributed by atoms with Crippen molar-refractivity contribution in [2.45, 2.75) is 19.4 Å². The van der Waals surface area contributed by atoms with Gasteiger partial charge in [0.25, 0.3) is 0 Å². The molecule has 108 valence electrons. The van der Waals surface area contributed by atoms with E-state index >= 15 is 0 Å². The molecule has 0 aliphatic carbocycles. The van der Waals surface area contributed by atoms with E-state index in [0.717, 1.165) is 16.8 Å². The van der Waals surface area contributed by atoms with Crippen LogP contribution in [-0.4, -0.2) is 17.5 Å². The van der Waals surface area contributed by atoms with Gasteiger partial charge in [-0.05, 0) is 31.5 Å². The maximum Gasteiger partial charge on any atom is 0.196 e. The number of benzene rings is 1. The van der Waals surface area contributed by atoms with E-state index in [1.165, 1.54) is 12.3 Å². The molecule has 1 atom stereocenters. The van der Waals surface area contributed by atoms with Crippen LogP contribution in [0.1, 0.15) is 18.1 Å². The summed E-state index contributed by atoms with van der Waals surface area (Å²) in [6.45, 7) is 4.49. The van der Waals surface area contributed by atoms with Gasteiger partial charge in [0.15, 0.2) is 5.96 Å². The number of aryl methyl sites for hydroxylation is 1. The van der Waals surface area contributed by atoms with Gasteiger partial charge in [-0.1, -0.05) is 18.2 Å². The number of nitrogens with two attached hydrogens (primary N) is 1. The highest BCUT2D eigenvalue weighted by molar-refractivity contribution is 5.99. The van der Waals surface area contributed by atoms with Crippen LogP contribution < -0.4 is 10.6 Å². The first kappa shape index (κ1) is 13.5. The second-order valence-corrected chi connectivity index (χ2v) is 5.46. The normalized spacial score (nSPS) is 21.5. The first-order chi connectivity index (χ1) is 10.0. The molecule has 0 bridgehead atoms. The molecule has 1 aliphatic heterocycles. The van der Waals surface area contributed by atoms with E-state index in [2.05, 4.69) is 9.98 Å². The molecule has 0 saturated carbocycles. The molecule has 1 aliphatic rings. The predicted molar refractivity (Wildman–Crippen MR) is 81.7 cm³/mol. The summed E-state index contributed by atoms with van der Waals surface area (Å²) in [5.41, 5.74) is 8.38. The molecule has 21 heavy (non-hydrogen) atoms. The summed E-state index contributed by atoms with van der Waals surface area (Å²) in [7, 11) is 0. The highest BCUT2D eigenvalue weighted by Gasteiger charge is 2.41. The minimum absolute atomic E-state index is 0.357. The van der Waals surface area contributed by atoms with Crippen LogP contribution in [0.15, 0.2) is 47.7 Å². The van der Waals surface area contributed by atoms with Gasteiger partial charge in [-0.15, -0.1) is 0 Å². The smallest absolute Gasteiger partial charge is 0.196 e. The summed E-state index contributed by atoms with van der Waals surface area (Å²) in [5.74, 6) is 0.0833. The van der Waals surface area contributed by atoms with Gasteiger partial charge in [0.2, 0.25) is 0 Å². The lowest BCUT2D eigenvalue weighted by Gasteiger charge is -2.37. The van der Waals surface area contributed by atoms with Gasteiger partial charge in [-0.2, -0.15) is 0 Å². The molecule has 4 nitrogen and oxygen atoms in total. The van der Waals surface area contributed by atoms with Crippen LogP contribution in [0, 0.1) is 12.7 Å². The molecule has 0 fully saturated rings. The SMILES string of the molecule is Cc1ccccc1N1C(N)=NCC1(C)c1cncc(F)c1. The van der Waals surface area contributed by atoms with Gasteiger partial charge in [0.1, 0.15) is 5.82 Å². The Morgan fingerprint density at radius 1 is 1.29 bits per heavy atom. The minimum Gasteiger partial charge on any atom is -0.369 e. The van der Waals surface area contributed by atoms with Crippen LogP contribution in [0.25, 0.3) is 0 Å². The molecule has 2 aromatic rings. The number of para-hydroxylation sites is 1. The molecule has 3 rings (SSSR count). The third-order valence-corrected chi connectivity index (χ3v) is 3.95. The molecule has 1 unspecified atom stereocenters. The molecule has 2 N–H and O–H groups in total. The number of aromatic nitrogens is 1. The first-order valence-electron chi connectivity index (χ1n) is 6.79. The number of pyridine rings is 1. The van der Waals surface area contributed by atoms with Crippen LogP contribution in [0.3, 0.4) is 0 Å². The predicted octanol–water partition coefficient (Wildman–Crippen LogP) is 2.58. The number of halogens is 1. The summed E-state index contributed by atoms with van der Waals surface area (Å²) in [6.07, 6.45) is 2.87. The summed E-state index contributed by atoms with van der Waals surface area (Å²) in [6, 6.07) is 9.44. The second-order valence-electron chi connectivity index (χ2n) is 5.46. The number of guanidine groups is 1. The molecule has 0 saturated heterocycles. The van der Waals surface area contributed by atoms with Crippen molar-refractivity contribution in [2.75, 3.05) is 11.4 Å². The summed E-state index contributed by atoms with van der Waals surface area (Å²) in [5, 5.41) is 0. The third-order valence-electron chi connectivity index (χ3n) is 3.95. The van der Waals surface area contributed by atoms with Crippen molar-refractivity contribution >= 4 is 11.6 Å². The second kappa shape index (κ2) is 4.84. The Labute approximate surface area is 123 Å². The molecule has 0 amide bonds. The molecular formula is C16H17FN4. The summed E-state index contributed by atoms with van der Waals surface area (Å²) < 4.78 is 13.5. The van der Waals surface area contributed by atoms with Crippen LogP contribution in [-0.2, 0) is 5.54 Å². The van der Waals surface area contributed by atoms with Crippen molar-refractivity contribution in [3.05, 3.63) is 59.7 Å². The van der Waals surface area contributed by atoms with Crippen molar-refractivity contribution in [3.63, 3.8) is 0 Å². The Bertz CT molecular complexity index is 713. The van der Waals surface area contributed by atoms with Gasteiger partial charge in [-0.25, -0.2) is 4.39 Å². The van der Waals surface area contributed by atoms with Crippen LogP contribution in [0.2, 0.25) is 0 Å². The van der Waals surface area contributed by atoms with E-state index < -0.39 is 5.54 Å². The van der Waals surface area contributed by atoms with Crippen molar-refractivity contribution < 1.29 is 4.39 Å². The van der Waals surface area contributed by atoms with Gasteiger partial charge in [0.05, 0.1) is 18.3 Å². The lowest BCUT2D eigenvalue weighted by Crippen LogP contribution is -2.48. The number of anilines is 1. The molecular weight excluding hydrogens is 267 g/mol. The Balaban J connectivity index is 2.13.